The SMILES string of the molecule is COc1cc(OC)cc(-c2nc(S/C(=C\c3cc(C)n(-c4ccc(Br)cc4)c3C)C(=O)O)n[nH]2)c1. The number of carbonyl (C=O) groups is 1. The van der Waals surface area contributed by atoms with Crippen molar-refractivity contribution in [1.82, 2.24) is 19.7 Å². The van der Waals surface area contributed by atoms with Crippen molar-refractivity contribution in [2.24, 2.45) is 0 Å². The number of benzene rings is 2. The van der Waals surface area contributed by atoms with Crippen molar-refractivity contribution in [3.05, 3.63) is 74.9 Å². The maximum Gasteiger partial charge on any atom is 0.342 e. The van der Waals surface area contributed by atoms with Gasteiger partial charge in [-0.15, -0.1) is 5.10 Å². The number of carboxylic acid groups (broad SMARTS) is 1. The number of aliphatic carboxylic acids is 1. The average molecular weight is 555 g/mol. The number of carboxylic acids is 1. The van der Waals surface area contributed by atoms with E-state index in [2.05, 4.69) is 35.7 Å². The number of halogens is 1. The third-order valence-electron chi connectivity index (χ3n) is 5.34. The molecule has 10 heteroatoms. The van der Waals surface area contributed by atoms with Crippen molar-refractivity contribution < 1.29 is 19.4 Å². The molecule has 0 aliphatic heterocycles. The number of H-pyrrole nitrogens is 1. The molecular weight excluding hydrogens is 532 g/mol. The normalized spacial score (nSPS) is 11.5. The third-order valence-corrected chi connectivity index (χ3v) is 6.75. The van der Waals surface area contributed by atoms with Crippen molar-refractivity contribution in [2.75, 3.05) is 14.2 Å². The van der Waals surface area contributed by atoms with Gasteiger partial charge in [0.15, 0.2) is 5.82 Å². The van der Waals surface area contributed by atoms with E-state index in [0.29, 0.717) is 22.9 Å². The van der Waals surface area contributed by atoms with E-state index in [1.165, 1.54) is 0 Å². The summed E-state index contributed by atoms with van der Waals surface area (Å²) in [7, 11) is 3.13. The second kappa shape index (κ2) is 10.4. The summed E-state index contributed by atoms with van der Waals surface area (Å²) in [6.45, 7) is 3.95. The van der Waals surface area contributed by atoms with Gasteiger partial charge in [-0.2, -0.15) is 0 Å². The highest BCUT2D eigenvalue weighted by Gasteiger charge is 2.17. The van der Waals surface area contributed by atoms with Crippen LogP contribution in [0, 0.1) is 13.8 Å². The van der Waals surface area contributed by atoms with Gasteiger partial charge in [-0.1, -0.05) is 15.9 Å². The van der Waals surface area contributed by atoms with Gasteiger partial charge < -0.3 is 19.1 Å². The Labute approximate surface area is 215 Å². The molecule has 0 atom stereocenters. The van der Waals surface area contributed by atoms with Crippen LogP contribution in [0.3, 0.4) is 0 Å². The molecule has 180 valence electrons. The van der Waals surface area contributed by atoms with E-state index in [1.54, 1.807) is 38.5 Å². The Morgan fingerprint density at radius 2 is 1.74 bits per heavy atom. The van der Waals surface area contributed by atoms with E-state index in [-0.39, 0.29) is 10.1 Å². The molecule has 0 aliphatic rings. The lowest BCUT2D eigenvalue weighted by Gasteiger charge is -2.09. The van der Waals surface area contributed by atoms with Gasteiger partial charge in [0.1, 0.15) is 16.4 Å². The quantitative estimate of drug-likeness (QED) is 0.207. The number of hydrogen-bond donors (Lipinski definition) is 2. The zero-order valence-electron chi connectivity index (χ0n) is 19.5. The van der Waals surface area contributed by atoms with Crippen LogP contribution in [0.2, 0.25) is 0 Å². The molecule has 35 heavy (non-hydrogen) atoms. The number of aromatic amines is 1. The van der Waals surface area contributed by atoms with E-state index < -0.39 is 5.97 Å². The average Bonchev–Trinajstić information content (AvgIpc) is 3.43. The third kappa shape index (κ3) is 5.44. The maximum atomic E-state index is 12.1. The fraction of sp³-hybridized carbons (Fsp3) is 0.160. The summed E-state index contributed by atoms with van der Waals surface area (Å²) in [6.07, 6.45) is 1.65. The highest BCUT2D eigenvalue weighted by Crippen LogP contribution is 2.32. The Kier molecular flexibility index (Phi) is 7.32. The second-order valence-electron chi connectivity index (χ2n) is 7.62. The number of thioether (sulfide) groups is 1. The standard InChI is InChI=1S/C25H23BrN4O4S/c1-14-9-16(15(2)30(14)19-7-5-18(26)6-8-19)12-22(24(31)32)35-25-27-23(28-29-25)17-10-20(33-3)13-21(11-17)34-4/h5-13H,1-4H3,(H,31,32)(H,27,28,29)/b22-12-. The molecule has 4 aromatic rings. The summed E-state index contributed by atoms with van der Waals surface area (Å²) in [5, 5.41) is 17.2. The molecule has 0 unspecified atom stereocenters. The van der Waals surface area contributed by atoms with Gasteiger partial charge in [0, 0.05) is 33.2 Å². The summed E-state index contributed by atoms with van der Waals surface area (Å²) in [5.41, 5.74) is 4.45. The molecule has 8 nitrogen and oxygen atoms in total. The van der Waals surface area contributed by atoms with Gasteiger partial charge in [-0.05, 0) is 79.7 Å². The van der Waals surface area contributed by atoms with Crippen LogP contribution in [0.15, 0.2) is 63.1 Å². The fourth-order valence-electron chi connectivity index (χ4n) is 3.66. The molecule has 0 spiro atoms. The van der Waals surface area contributed by atoms with Crippen LogP contribution in [0.4, 0.5) is 0 Å². The Balaban J connectivity index is 1.64. The summed E-state index contributed by atoms with van der Waals surface area (Å²) in [4.78, 5) is 16.6. The highest BCUT2D eigenvalue weighted by molar-refractivity contribution is 9.10. The lowest BCUT2D eigenvalue weighted by atomic mass is 10.2. The number of hydrogen-bond acceptors (Lipinski definition) is 6. The molecule has 2 aromatic carbocycles. The van der Waals surface area contributed by atoms with Crippen molar-refractivity contribution in [1.29, 1.82) is 0 Å². The Morgan fingerprint density at radius 3 is 2.34 bits per heavy atom. The molecule has 0 bridgehead atoms. The molecule has 0 fully saturated rings. The van der Waals surface area contributed by atoms with Gasteiger partial charge in [-0.25, -0.2) is 9.78 Å². The van der Waals surface area contributed by atoms with Gasteiger partial charge in [0.25, 0.3) is 0 Å². The van der Waals surface area contributed by atoms with Crippen molar-refractivity contribution in [2.45, 2.75) is 19.0 Å². The lowest BCUT2D eigenvalue weighted by molar-refractivity contribution is -0.131. The van der Waals surface area contributed by atoms with Gasteiger partial charge >= 0.3 is 5.97 Å². The first-order valence-corrected chi connectivity index (χ1v) is 12.1. The van der Waals surface area contributed by atoms with Gasteiger partial charge in [0.2, 0.25) is 5.16 Å². The van der Waals surface area contributed by atoms with E-state index in [4.69, 9.17) is 9.47 Å². The number of ether oxygens (including phenoxy) is 2. The predicted octanol–water partition coefficient (Wildman–Crippen LogP) is 5.88. The molecule has 2 N–H and O–H groups in total. The topological polar surface area (TPSA) is 102 Å². The van der Waals surface area contributed by atoms with E-state index >= 15 is 0 Å². The van der Waals surface area contributed by atoms with E-state index in [1.807, 2.05) is 44.2 Å². The molecular formula is C25H23BrN4O4S. The first-order valence-electron chi connectivity index (χ1n) is 10.5. The maximum absolute atomic E-state index is 12.1. The Hall–Kier alpha value is -3.50. The lowest BCUT2D eigenvalue weighted by Crippen LogP contribution is -2.00. The molecule has 0 radical (unpaired) electrons. The van der Waals surface area contributed by atoms with Crippen molar-refractivity contribution >= 4 is 39.7 Å². The number of rotatable bonds is 8. The molecule has 2 heterocycles. The molecule has 0 amide bonds. The summed E-state index contributed by atoms with van der Waals surface area (Å²) < 4.78 is 13.7. The first-order chi connectivity index (χ1) is 16.8. The second-order valence-corrected chi connectivity index (χ2v) is 9.55. The van der Waals surface area contributed by atoms with Crippen LogP contribution in [-0.4, -0.2) is 45.0 Å². The zero-order valence-corrected chi connectivity index (χ0v) is 21.9. The minimum Gasteiger partial charge on any atom is -0.497 e. The van der Waals surface area contributed by atoms with Crippen LogP contribution in [0.1, 0.15) is 17.0 Å². The van der Waals surface area contributed by atoms with Gasteiger partial charge in [-0.3, -0.25) is 5.10 Å². The highest BCUT2D eigenvalue weighted by atomic mass is 79.9. The monoisotopic (exact) mass is 554 g/mol. The number of aromatic nitrogens is 4. The van der Waals surface area contributed by atoms with Crippen LogP contribution in [0.25, 0.3) is 23.2 Å². The van der Waals surface area contributed by atoms with Crippen LogP contribution in [0.5, 0.6) is 11.5 Å². The number of nitrogens with one attached hydrogen (secondary N) is 1. The summed E-state index contributed by atoms with van der Waals surface area (Å²) >= 11 is 4.44. The van der Waals surface area contributed by atoms with Crippen LogP contribution < -0.4 is 9.47 Å². The largest absolute Gasteiger partial charge is 0.497 e. The zero-order chi connectivity index (χ0) is 25.1. The Bertz CT molecular complexity index is 1390. The van der Waals surface area contributed by atoms with Crippen LogP contribution >= 0.6 is 27.7 Å². The van der Waals surface area contributed by atoms with Crippen molar-refractivity contribution in [3.8, 4) is 28.6 Å². The Morgan fingerprint density at radius 1 is 1.09 bits per heavy atom. The first kappa shape index (κ1) is 24.6. The molecule has 0 saturated carbocycles. The predicted molar refractivity (Wildman–Crippen MR) is 139 cm³/mol. The molecule has 0 aliphatic carbocycles. The molecule has 0 saturated heterocycles. The van der Waals surface area contributed by atoms with Gasteiger partial charge in [0.05, 0.1) is 14.2 Å². The fourth-order valence-corrected chi connectivity index (χ4v) is 4.62. The summed E-state index contributed by atoms with van der Waals surface area (Å²) in [6, 6.07) is 15.3. The minimum atomic E-state index is -1.06. The number of nitrogens with zero attached hydrogens (tertiary/aromatic N) is 3. The number of aryl methyl sites for hydroxylation is 1. The molecule has 4 rings (SSSR count). The minimum absolute atomic E-state index is 0.106. The summed E-state index contributed by atoms with van der Waals surface area (Å²) in [5.74, 6) is 0.634. The van der Waals surface area contributed by atoms with E-state index in [0.717, 1.165) is 38.9 Å². The van der Waals surface area contributed by atoms with E-state index in [9.17, 15) is 9.90 Å². The van der Waals surface area contributed by atoms with Crippen molar-refractivity contribution in [3.63, 3.8) is 0 Å². The number of methoxy groups -OCH3 is 2. The smallest absolute Gasteiger partial charge is 0.342 e. The van der Waals surface area contributed by atoms with Crippen LogP contribution in [-0.2, 0) is 4.79 Å². The molecule has 2 aromatic heterocycles.